The van der Waals surface area contributed by atoms with E-state index in [9.17, 15) is 4.79 Å². The Morgan fingerprint density at radius 1 is 0.880 bits per heavy atom. The molecular formula is C21H15BrN2O. The van der Waals surface area contributed by atoms with Crippen LogP contribution in [0.2, 0.25) is 0 Å². The Kier molecular flexibility index (Phi) is 4.20. The van der Waals surface area contributed by atoms with Crippen molar-refractivity contribution in [2.45, 2.75) is 6.54 Å². The van der Waals surface area contributed by atoms with Gasteiger partial charge in [0.1, 0.15) is 5.69 Å². The fourth-order valence-corrected chi connectivity index (χ4v) is 3.34. The van der Waals surface area contributed by atoms with Crippen molar-refractivity contribution in [1.82, 2.24) is 9.55 Å². The van der Waals surface area contributed by atoms with E-state index in [1.165, 1.54) is 0 Å². The van der Waals surface area contributed by atoms with Gasteiger partial charge in [-0.1, -0.05) is 70.5 Å². The van der Waals surface area contributed by atoms with Crippen LogP contribution in [0.3, 0.4) is 0 Å². The Hall–Kier alpha value is -2.72. The SMILES string of the molecule is O=c1c(-c2cccc(Br)c2)nc2ccccc2n1Cc1ccccc1. The second kappa shape index (κ2) is 6.65. The molecule has 0 aliphatic carbocycles. The first-order chi connectivity index (χ1) is 12.2. The van der Waals surface area contributed by atoms with Gasteiger partial charge in [-0.05, 0) is 29.8 Å². The third-order valence-corrected chi connectivity index (χ3v) is 4.63. The molecule has 0 spiro atoms. The van der Waals surface area contributed by atoms with E-state index in [2.05, 4.69) is 20.9 Å². The smallest absolute Gasteiger partial charge is 0.277 e. The second-order valence-corrected chi connectivity index (χ2v) is 6.75. The predicted octanol–water partition coefficient (Wildman–Crippen LogP) is 4.87. The molecule has 0 aliphatic rings. The molecule has 1 aromatic heterocycles. The highest BCUT2D eigenvalue weighted by molar-refractivity contribution is 9.10. The van der Waals surface area contributed by atoms with E-state index < -0.39 is 0 Å². The fraction of sp³-hybridized carbons (Fsp3) is 0.0476. The summed E-state index contributed by atoms with van der Waals surface area (Å²) in [7, 11) is 0. The maximum absolute atomic E-state index is 13.2. The molecule has 0 unspecified atom stereocenters. The Morgan fingerprint density at radius 3 is 2.44 bits per heavy atom. The normalized spacial score (nSPS) is 10.9. The lowest BCUT2D eigenvalue weighted by Gasteiger charge is -2.12. The molecule has 0 amide bonds. The summed E-state index contributed by atoms with van der Waals surface area (Å²) in [4.78, 5) is 17.8. The van der Waals surface area contributed by atoms with E-state index in [0.29, 0.717) is 12.2 Å². The molecule has 0 saturated heterocycles. The number of hydrogen-bond donors (Lipinski definition) is 0. The van der Waals surface area contributed by atoms with Gasteiger partial charge in [0.05, 0.1) is 17.6 Å². The van der Waals surface area contributed by atoms with Gasteiger partial charge in [0.25, 0.3) is 5.56 Å². The minimum atomic E-state index is -0.0827. The molecule has 3 nitrogen and oxygen atoms in total. The molecule has 0 saturated carbocycles. The van der Waals surface area contributed by atoms with Crippen LogP contribution in [0.4, 0.5) is 0 Å². The third-order valence-electron chi connectivity index (χ3n) is 4.13. The van der Waals surface area contributed by atoms with E-state index >= 15 is 0 Å². The van der Waals surface area contributed by atoms with Gasteiger partial charge in [0.15, 0.2) is 0 Å². The first kappa shape index (κ1) is 15.8. The van der Waals surface area contributed by atoms with Crippen molar-refractivity contribution in [3.8, 4) is 11.3 Å². The van der Waals surface area contributed by atoms with Crippen molar-refractivity contribution < 1.29 is 0 Å². The van der Waals surface area contributed by atoms with Crippen molar-refractivity contribution in [2.75, 3.05) is 0 Å². The average Bonchev–Trinajstić information content (AvgIpc) is 2.65. The summed E-state index contributed by atoms with van der Waals surface area (Å²) >= 11 is 3.47. The van der Waals surface area contributed by atoms with Crippen LogP contribution in [0, 0.1) is 0 Å². The van der Waals surface area contributed by atoms with Crippen LogP contribution in [0.25, 0.3) is 22.3 Å². The molecule has 1 heterocycles. The molecule has 122 valence electrons. The van der Waals surface area contributed by atoms with Gasteiger partial charge in [-0.2, -0.15) is 0 Å². The topological polar surface area (TPSA) is 34.9 Å². The Morgan fingerprint density at radius 2 is 1.64 bits per heavy atom. The Bertz CT molecular complexity index is 1100. The number of para-hydroxylation sites is 2. The highest BCUT2D eigenvalue weighted by Gasteiger charge is 2.13. The molecule has 0 aliphatic heterocycles. The highest BCUT2D eigenvalue weighted by atomic mass is 79.9. The zero-order valence-electron chi connectivity index (χ0n) is 13.4. The summed E-state index contributed by atoms with van der Waals surface area (Å²) in [5, 5.41) is 0. The minimum Gasteiger partial charge on any atom is -0.300 e. The van der Waals surface area contributed by atoms with Gasteiger partial charge in [0, 0.05) is 10.0 Å². The lowest BCUT2D eigenvalue weighted by molar-refractivity contribution is 0.789. The minimum absolute atomic E-state index is 0.0827. The van der Waals surface area contributed by atoms with Crippen molar-refractivity contribution >= 4 is 27.0 Å². The number of hydrogen-bond acceptors (Lipinski definition) is 2. The highest BCUT2D eigenvalue weighted by Crippen LogP contribution is 2.21. The van der Waals surface area contributed by atoms with Gasteiger partial charge in [-0.15, -0.1) is 0 Å². The molecule has 25 heavy (non-hydrogen) atoms. The Balaban J connectivity index is 1.97. The van der Waals surface area contributed by atoms with E-state index in [1.807, 2.05) is 78.9 Å². The zero-order valence-corrected chi connectivity index (χ0v) is 15.0. The molecule has 0 bridgehead atoms. The number of halogens is 1. The van der Waals surface area contributed by atoms with Crippen LogP contribution in [-0.4, -0.2) is 9.55 Å². The monoisotopic (exact) mass is 390 g/mol. The maximum Gasteiger partial charge on any atom is 0.277 e. The van der Waals surface area contributed by atoms with Crippen molar-refractivity contribution in [3.63, 3.8) is 0 Å². The number of rotatable bonds is 3. The first-order valence-electron chi connectivity index (χ1n) is 8.02. The van der Waals surface area contributed by atoms with Crippen LogP contribution < -0.4 is 5.56 Å². The largest absolute Gasteiger partial charge is 0.300 e. The van der Waals surface area contributed by atoms with Crippen LogP contribution in [0.1, 0.15) is 5.56 Å². The number of fused-ring (bicyclic) bond motifs is 1. The van der Waals surface area contributed by atoms with Crippen molar-refractivity contribution in [3.05, 3.63) is 99.3 Å². The molecule has 3 aromatic carbocycles. The summed E-state index contributed by atoms with van der Waals surface area (Å²) in [6.45, 7) is 0.518. The van der Waals surface area contributed by atoms with Gasteiger partial charge in [-0.25, -0.2) is 4.98 Å². The Labute approximate surface area is 153 Å². The van der Waals surface area contributed by atoms with E-state index in [0.717, 1.165) is 26.6 Å². The summed E-state index contributed by atoms with van der Waals surface area (Å²) < 4.78 is 2.72. The lowest BCUT2D eigenvalue weighted by Crippen LogP contribution is -2.24. The van der Waals surface area contributed by atoms with E-state index in [1.54, 1.807) is 4.57 Å². The van der Waals surface area contributed by atoms with E-state index in [-0.39, 0.29) is 5.56 Å². The standard InChI is InChI=1S/C21H15BrN2O/c22-17-10-6-9-16(13-17)20-21(25)24(14-15-7-2-1-3-8-15)19-12-5-4-11-18(19)23-20/h1-13H,14H2. The number of benzene rings is 3. The van der Waals surface area contributed by atoms with Gasteiger partial charge in [-0.3, -0.25) is 4.79 Å². The first-order valence-corrected chi connectivity index (χ1v) is 8.81. The van der Waals surface area contributed by atoms with Gasteiger partial charge in [0.2, 0.25) is 0 Å². The third kappa shape index (κ3) is 3.13. The molecule has 4 rings (SSSR count). The van der Waals surface area contributed by atoms with Crippen molar-refractivity contribution in [2.24, 2.45) is 0 Å². The van der Waals surface area contributed by atoms with Gasteiger partial charge < -0.3 is 4.57 Å². The van der Waals surface area contributed by atoms with Crippen molar-refractivity contribution in [1.29, 1.82) is 0 Å². The van der Waals surface area contributed by atoms with Crippen LogP contribution >= 0.6 is 15.9 Å². The predicted molar refractivity (Wildman–Crippen MR) is 105 cm³/mol. The number of nitrogens with zero attached hydrogens (tertiary/aromatic N) is 2. The summed E-state index contributed by atoms with van der Waals surface area (Å²) in [6, 6.07) is 25.4. The average molecular weight is 391 g/mol. The molecule has 4 aromatic rings. The summed E-state index contributed by atoms with van der Waals surface area (Å²) in [5.74, 6) is 0. The van der Waals surface area contributed by atoms with Crippen LogP contribution in [-0.2, 0) is 6.54 Å². The molecule has 0 radical (unpaired) electrons. The zero-order chi connectivity index (χ0) is 17.2. The number of aromatic nitrogens is 2. The van der Waals surface area contributed by atoms with E-state index in [4.69, 9.17) is 0 Å². The molecule has 0 fully saturated rings. The lowest BCUT2D eigenvalue weighted by atomic mass is 10.1. The molecule has 0 atom stereocenters. The van der Waals surface area contributed by atoms with Gasteiger partial charge >= 0.3 is 0 Å². The van der Waals surface area contributed by atoms with Crippen LogP contribution in [0.5, 0.6) is 0 Å². The quantitative estimate of drug-likeness (QED) is 0.499. The fourth-order valence-electron chi connectivity index (χ4n) is 2.94. The summed E-state index contributed by atoms with van der Waals surface area (Å²) in [6.07, 6.45) is 0. The summed E-state index contributed by atoms with van der Waals surface area (Å²) in [5.41, 5.74) is 3.94. The molecule has 0 N–H and O–H groups in total. The molecular weight excluding hydrogens is 376 g/mol. The van der Waals surface area contributed by atoms with Crippen LogP contribution in [0.15, 0.2) is 88.1 Å². The second-order valence-electron chi connectivity index (χ2n) is 5.84. The molecule has 4 heteroatoms. The maximum atomic E-state index is 13.2.